The van der Waals surface area contributed by atoms with E-state index >= 15 is 0 Å². The number of amides is 1. The second-order valence-electron chi connectivity index (χ2n) is 6.44. The molecule has 19 heavy (non-hydrogen) atoms. The number of hydrogen-bond donors (Lipinski definition) is 1. The van der Waals surface area contributed by atoms with Gasteiger partial charge >= 0.3 is 0 Å². The van der Waals surface area contributed by atoms with Gasteiger partial charge in [-0.05, 0) is 32.1 Å². The molecule has 3 unspecified atom stereocenters. The van der Waals surface area contributed by atoms with E-state index in [4.69, 9.17) is 10.5 Å². The molecule has 0 aromatic heterocycles. The average Bonchev–Trinajstić information content (AvgIpc) is 3.00. The van der Waals surface area contributed by atoms with Crippen LogP contribution in [0.1, 0.15) is 38.5 Å². The Morgan fingerprint density at radius 1 is 1.32 bits per heavy atom. The van der Waals surface area contributed by atoms with Crippen LogP contribution in [-0.4, -0.2) is 43.2 Å². The van der Waals surface area contributed by atoms with Crippen LogP contribution in [-0.2, 0) is 9.53 Å². The third-order valence-corrected chi connectivity index (χ3v) is 5.00. The molecule has 2 saturated heterocycles. The van der Waals surface area contributed by atoms with E-state index in [0.29, 0.717) is 5.91 Å². The van der Waals surface area contributed by atoms with E-state index in [1.807, 2.05) is 0 Å². The molecule has 1 aliphatic carbocycles. The molecule has 2 N–H and O–H groups in total. The third-order valence-electron chi connectivity index (χ3n) is 5.00. The Hall–Kier alpha value is -0.320. The monoisotopic (exact) mass is 288 g/mol. The maximum atomic E-state index is 12.5. The highest BCUT2D eigenvalue weighted by atomic mass is 35.5. The normalized spacial score (nSPS) is 38.5. The number of carbonyl (C=O) groups excluding carboxylic acids is 1. The highest BCUT2D eigenvalue weighted by molar-refractivity contribution is 5.85. The molecule has 3 aliphatic rings. The molecular weight excluding hydrogens is 264 g/mol. The molecule has 3 fully saturated rings. The molecule has 4 nitrogen and oxygen atoms in total. The lowest BCUT2D eigenvalue weighted by Gasteiger charge is -2.30. The van der Waals surface area contributed by atoms with Crippen molar-refractivity contribution in [3.63, 3.8) is 0 Å². The van der Waals surface area contributed by atoms with Crippen molar-refractivity contribution < 1.29 is 9.53 Å². The standard InChI is InChI=1S/C14H24N2O2.ClH/c15-12-3-1-2-11(8-12)13(17)16-6-4-14(9-16)5-7-18-10-14;/h11-12H,1-10,15H2;1H. The van der Waals surface area contributed by atoms with Gasteiger partial charge in [0.1, 0.15) is 0 Å². The first kappa shape index (κ1) is 15.1. The van der Waals surface area contributed by atoms with E-state index in [9.17, 15) is 4.79 Å². The molecule has 0 aromatic rings. The fraction of sp³-hybridized carbons (Fsp3) is 0.929. The molecule has 5 heteroatoms. The molecule has 3 atom stereocenters. The Morgan fingerprint density at radius 2 is 2.16 bits per heavy atom. The van der Waals surface area contributed by atoms with Gasteiger partial charge < -0.3 is 15.4 Å². The van der Waals surface area contributed by atoms with E-state index in [1.54, 1.807) is 0 Å². The first-order valence-electron chi connectivity index (χ1n) is 7.31. The van der Waals surface area contributed by atoms with Crippen molar-refractivity contribution in [3.05, 3.63) is 0 Å². The van der Waals surface area contributed by atoms with Crippen LogP contribution in [0.4, 0.5) is 0 Å². The van der Waals surface area contributed by atoms with E-state index < -0.39 is 0 Å². The Morgan fingerprint density at radius 3 is 2.84 bits per heavy atom. The molecule has 3 rings (SSSR count). The first-order valence-corrected chi connectivity index (χ1v) is 7.31. The minimum absolute atomic E-state index is 0. The molecule has 2 heterocycles. The van der Waals surface area contributed by atoms with Crippen molar-refractivity contribution in [3.8, 4) is 0 Å². The molecule has 110 valence electrons. The number of halogens is 1. The van der Waals surface area contributed by atoms with Crippen LogP contribution in [0, 0.1) is 11.3 Å². The number of nitrogens with two attached hydrogens (primary N) is 1. The molecule has 0 radical (unpaired) electrons. The summed E-state index contributed by atoms with van der Waals surface area (Å²) < 4.78 is 5.51. The number of ether oxygens (including phenoxy) is 1. The van der Waals surface area contributed by atoms with Gasteiger partial charge in [-0.15, -0.1) is 12.4 Å². The van der Waals surface area contributed by atoms with Gasteiger partial charge in [-0.1, -0.05) is 6.42 Å². The van der Waals surface area contributed by atoms with E-state index in [2.05, 4.69) is 4.90 Å². The number of nitrogens with zero attached hydrogens (tertiary/aromatic N) is 1. The number of hydrogen-bond acceptors (Lipinski definition) is 3. The minimum atomic E-state index is 0. The highest BCUT2D eigenvalue weighted by Crippen LogP contribution is 2.39. The van der Waals surface area contributed by atoms with Crippen LogP contribution in [0.25, 0.3) is 0 Å². The van der Waals surface area contributed by atoms with Crippen LogP contribution in [0.15, 0.2) is 0 Å². The lowest BCUT2D eigenvalue weighted by molar-refractivity contribution is -0.136. The van der Waals surface area contributed by atoms with E-state index in [-0.39, 0.29) is 29.8 Å². The van der Waals surface area contributed by atoms with Crippen molar-refractivity contribution >= 4 is 18.3 Å². The van der Waals surface area contributed by atoms with Crippen LogP contribution >= 0.6 is 12.4 Å². The van der Waals surface area contributed by atoms with Gasteiger partial charge in [-0.25, -0.2) is 0 Å². The molecule has 0 aromatic carbocycles. The van der Waals surface area contributed by atoms with Gasteiger partial charge in [0.2, 0.25) is 5.91 Å². The van der Waals surface area contributed by atoms with Gasteiger partial charge in [0.15, 0.2) is 0 Å². The molecule has 0 bridgehead atoms. The van der Waals surface area contributed by atoms with Crippen LogP contribution in [0.5, 0.6) is 0 Å². The lowest BCUT2D eigenvalue weighted by Crippen LogP contribution is -2.40. The zero-order valence-electron chi connectivity index (χ0n) is 11.5. The molecule has 1 spiro atoms. The van der Waals surface area contributed by atoms with Gasteiger partial charge in [-0.3, -0.25) is 4.79 Å². The zero-order chi connectivity index (χ0) is 12.6. The average molecular weight is 289 g/mol. The lowest BCUT2D eigenvalue weighted by atomic mass is 9.85. The zero-order valence-corrected chi connectivity index (χ0v) is 12.3. The molecule has 1 amide bonds. The Kier molecular flexibility index (Phi) is 4.75. The topological polar surface area (TPSA) is 55.6 Å². The van der Waals surface area contributed by atoms with Crippen molar-refractivity contribution in [2.45, 2.75) is 44.6 Å². The summed E-state index contributed by atoms with van der Waals surface area (Å²) in [6.45, 7) is 3.56. The van der Waals surface area contributed by atoms with Gasteiger partial charge in [0.05, 0.1) is 6.61 Å². The predicted octanol–water partition coefficient (Wildman–Crippen LogP) is 1.56. The summed E-state index contributed by atoms with van der Waals surface area (Å²) in [6.07, 6.45) is 6.37. The van der Waals surface area contributed by atoms with E-state index in [0.717, 1.165) is 64.8 Å². The smallest absolute Gasteiger partial charge is 0.225 e. The summed E-state index contributed by atoms with van der Waals surface area (Å²) in [6, 6.07) is 0.235. The second kappa shape index (κ2) is 5.98. The third kappa shape index (κ3) is 3.06. The van der Waals surface area contributed by atoms with Crippen LogP contribution in [0.2, 0.25) is 0 Å². The fourth-order valence-electron chi connectivity index (χ4n) is 3.80. The number of carbonyl (C=O) groups is 1. The number of rotatable bonds is 1. The highest BCUT2D eigenvalue weighted by Gasteiger charge is 2.44. The summed E-state index contributed by atoms with van der Waals surface area (Å²) in [5.74, 6) is 0.542. The van der Waals surface area contributed by atoms with Crippen LogP contribution in [0.3, 0.4) is 0 Å². The summed E-state index contributed by atoms with van der Waals surface area (Å²) in [5.41, 5.74) is 6.27. The maximum absolute atomic E-state index is 12.5. The maximum Gasteiger partial charge on any atom is 0.225 e. The van der Waals surface area contributed by atoms with Crippen molar-refractivity contribution in [2.24, 2.45) is 17.1 Å². The second-order valence-corrected chi connectivity index (χ2v) is 6.44. The SMILES string of the molecule is Cl.NC1CCCC(C(=O)N2CCC3(CCOC3)C2)C1. The van der Waals surface area contributed by atoms with Gasteiger partial charge in [0, 0.05) is 37.1 Å². The Labute approximate surface area is 121 Å². The van der Waals surface area contributed by atoms with E-state index in [1.165, 1.54) is 0 Å². The summed E-state index contributed by atoms with van der Waals surface area (Å²) in [5, 5.41) is 0. The minimum Gasteiger partial charge on any atom is -0.381 e. The molecule has 2 aliphatic heterocycles. The van der Waals surface area contributed by atoms with Gasteiger partial charge in [-0.2, -0.15) is 0 Å². The van der Waals surface area contributed by atoms with Gasteiger partial charge in [0.25, 0.3) is 0 Å². The quantitative estimate of drug-likeness (QED) is 0.797. The fourth-order valence-corrected chi connectivity index (χ4v) is 3.80. The van der Waals surface area contributed by atoms with Crippen molar-refractivity contribution in [1.29, 1.82) is 0 Å². The molecular formula is C14H25ClN2O2. The Bertz CT molecular complexity index is 331. The summed E-state index contributed by atoms with van der Waals surface area (Å²) >= 11 is 0. The summed E-state index contributed by atoms with van der Waals surface area (Å²) in [7, 11) is 0. The molecule has 1 saturated carbocycles. The first-order chi connectivity index (χ1) is 8.69. The summed E-state index contributed by atoms with van der Waals surface area (Å²) in [4.78, 5) is 14.6. The Balaban J connectivity index is 0.00000133. The van der Waals surface area contributed by atoms with Crippen molar-refractivity contribution in [1.82, 2.24) is 4.90 Å². The predicted molar refractivity (Wildman–Crippen MR) is 76.2 cm³/mol. The van der Waals surface area contributed by atoms with Crippen molar-refractivity contribution in [2.75, 3.05) is 26.3 Å². The number of likely N-dealkylation sites (tertiary alicyclic amines) is 1. The largest absolute Gasteiger partial charge is 0.381 e. The van der Waals surface area contributed by atoms with Crippen LogP contribution < -0.4 is 5.73 Å².